The predicted octanol–water partition coefficient (Wildman–Crippen LogP) is 3.62. The molecule has 0 fully saturated rings. The van der Waals surface area contributed by atoms with Crippen LogP contribution in [-0.4, -0.2) is 10.1 Å². The van der Waals surface area contributed by atoms with E-state index in [0.717, 1.165) is 16.9 Å². The molecule has 1 aromatic heterocycles. The van der Waals surface area contributed by atoms with Crippen molar-refractivity contribution in [1.29, 1.82) is 0 Å². The van der Waals surface area contributed by atoms with Gasteiger partial charge in [-0.2, -0.15) is 4.98 Å². The van der Waals surface area contributed by atoms with Gasteiger partial charge in [0.15, 0.2) is 5.82 Å². The average Bonchev–Trinajstić information content (AvgIpc) is 2.93. The number of ether oxygens (including phenoxy) is 1. The molecule has 0 atom stereocenters. The first-order valence-corrected chi connectivity index (χ1v) is 6.39. The molecule has 0 aliphatic rings. The fraction of sp³-hybridized carbons (Fsp3) is 0.125. The Labute approximate surface area is 117 Å². The van der Waals surface area contributed by atoms with Crippen LogP contribution in [0.3, 0.4) is 0 Å². The summed E-state index contributed by atoms with van der Waals surface area (Å²) < 4.78 is 11.1. The summed E-state index contributed by atoms with van der Waals surface area (Å²) in [5.74, 6) is 1.82. The lowest BCUT2D eigenvalue weighted by Gasteiger charge is -2.09. The SMILES string of the molecule is Cc1noc(-c2ccccc2OCc2ccccc2)n1. The molecule has 100 valence electrons. The van der Waals surface area contributed by atoms with Crippen molar-refractivity contribution in [3.05, 3.63) is 66.0 Å². The quantitative estimate of drug-likeness (QED) is 0.723. The second-order valence-corrected chi connectivity index (χ2v) is 4.42. The molecule has 0 spiro atoms. The summed E-state index contributed by atoms with van der Waals surface area (Å²) in [6, 6.07) is 17.7. The van der Waals surface area contributed by atoms with Crippen LogP contribution in [0.5, 0.6) is 5.75 Å². The molecule has 0 bridgehead atoms. The van der Waals surface area contributed by atoms with Crippen molar-refractivity contribution < 1.29 is 9.26 Å². The highest BCUT2D eigenvalue weighted by Crippen LogP contribution is 2.28. The van der Waals surface area contributed by atoms with Crippen LogP contribution in [0.2, 0.25) is 0 Å². The van der Waals surface area contributed by atoms with E-state index in [1.807, 2.05) is 54.6 Å². The molecular formula is C16H14N2O2. The van der Waals surface area contributed by atoms with Crippen molar-refractivity contribution in [1.82, 2.24) is 10.1 Å². The van der Waals surface area contributed by atoms with Gasteiger partial charge in [0.1, 0.15) is 12.4 Å². The molecule has 0 aliphatic carbocycles. The molecule has 0 amide bonds. The molecular weight excluding hydrogens is 252 g/mol. The number of nitrogens with zero attached hydrogens (tertiary/aromatic N) is 2. The van der Waals surface area contributed by atoms with Crippen molar-refractivity contribution in [2.75, 3.05) is 0 Å². The highest BCUT2D eigenvalue weighted by atomic mass is 16.5. The van der Waals surface area contributed by atoms with Crippen molar-refractivity contribution >= 4 is 0 Å². The molecule has 0 unspecified atom stereocenters. The molecule has 0 radical (unpaired) electrons. The zero-order valence-electron chi connectivity index (χ0n) is 11.1. The zero-order chi connectivity index (χ0) is 13.8. The zero-order valence-corrected chi connectivity index (χ0v) is 11.1. The standard InChI is InChI=1S/C16H14N2O2/c1-12-17-16(20-18-12)14-9-5-6-10-15(14)19-11-13-7-3-2-4-8-13/h2-10H,11H2,1H3. The van der Waals surface area contributed by atoms with Gasteiger partial charge in [-0.25, -0.2) is 0 Å². The molecule has 4 nitrogen and oxygen atoms in total. The minimum atomic E-state index is 0.478. The molecule has 0 saturated carbocycles. The highest BCUT2D eigenvalue weighted by molar-refractivity contribution is 5.62. The normalized spacial score (nSPS) is 10.4. The summed E-state index contributed by atoms with van der Waals surface area (Å²) in [4.78, 5) is 4.24. The van der Waals surface area contributed by atoms with Gasteiger partial charge in [0.05, 0.1) is 5.56 Å². The van der Waals surface area contributed by atoms with Crippen molar-refractivity contribution in [3.63, 3.8) is 0 Å². The Morgan fingerprint density at radius 2 is 1.75 bits per heavy atom. The van der Waals surface area contributed by atoms with Gasteiger partial charge in [-0.05, 0) is 24.6 Å². The van der Waals surface area contributed by atoms with Gasteiger partial charge >= 0.3 is 0 Å². The van der Waals surface area contributed by atoms with E-state index in [0.29, 0.717) is 18.3 Å². The van der Waals surface area contributed by atoms with Crippen LogP contribution < -0.4 is 4.74 Å². The van der Waals surface area contributed by atoms with Crippen molar-refractivity contribution in [2.24, 2.45) is 0 Å². The van der Waals surface area contributed by atoms with E-state index in [2.05, 4.69) is 10.1 Å². The van der Waals surface area contributed by atoms with E-state index < -0.39 is 0 Å². The van der Waals surface area contributed by atoms with Crippen LogP contribution in [0.25, 0.3) is 11.5 Å². The Hall–Kier alpha value is -2.62. The van der Waals surface area contributed by atoms with Crippen LogP contribution in [0.4, 0.5) is 0 Å². The van der Waals surface area contributed by atoms with Crippen molar-refractivity contribution in [3.8, 4) is 17.2 Å². The predicted molar refractivity (Wildman–Crippen MR) is 75.2 cm³/mol. The molecule has 3 aromatic rings. The maximum Gasteiger partial charge on any atom is 0.261 e. The maximum atomic E-state index is 5.86. The van der Waals surface area contributed by atoms with Gasteiger partial charge in [0.25, 0.3) is 5.89 Å². The van der Waals surface area contributed by atoms with Gasteiger partial charge in [0.2, 0.25) is 0 Å². The minimum absolute atomic E-state index is 0.478. The second kappa shape index (κ2) is 5.57. The van der Waals surface area contributed by atoms with E-state index in [4.69, 9.17) is 9.26 Å². The Morgan fingerprint density at radius 1 is 1.00 bits per heavy atom. The fourth-order valence-electron chi connectivity index (χ4n) is 1.91. The van der Waals surface area contributed by atoms with E-state index in [1.165, 1.54) is 0 Å². The molecule has 0 aliphatic heterocycles. The lowest BCUT2D eigenvalue weighted by molar-refractivity contribution is 0.306. The van der Waals surface area contributed by atoms with Crippen molar-refractivity contribution in [2.45, 2.75) is 13.5 Å². The molecule has 3 rings (SSSR count). The number of para-hydroxylation sites is 1. The lowest BCUT2D eigenvalue weighted by atomic mass is 10.2. The summed E-state index contributed by atoms with van der Waals surface area (Å²) in [7, 11) is 0. The topological polar surface area (TPSA) is 48.2 Å². The van der Waals surface area contributed by atoms with Crippen LogP contribution in [0.15, 0.2) is 59.1 Å². The smallest absolute Gasteiger partial charge is 0.261 e. The molecule has 2 aromatic carbocycles. The van der Waals surface area contributed by atoms with Crippen LogP contribution in [0, 0.1) is 6.92 Å². The highest BCUT2D eigenvalue weighted by Gasteiger charge is 2.12. The van der Waals surface area contributed by atoms with Gasteiger partial charge in [0, 0.05) is 0 Å². The molecule has 1 heterocycles. The minimum Gasteiger partial charge on any atom is -0.488 e. The first-order valence-electron chi connectivity index (χ1n) is 6.39. The summed E-state index contributed by atoms with van der Waals surface area (Å²) in [6.45, 7) is 2.30. The average molecular weight is 266 g/mol. The summed E-state index contributed by atoms with van der Waals surface area (Å²) in [5, 5.41) is 3.81. The monoisotopic (exact) mass is 266 g/mol. The van der Waals surface area contributed by atoms with Crippen LogP contribution in [0.1, 0.15) is 11.4 Å². The number of benzene rings is 2. The van der Waals surface area contributed by atoms with E-state index in [-0.39, 0.29) is 0 Å². The van der Waals surface area contributed by atoms with E-state index >= 15 is 0 Å². The number of hydrogen-bond acceptors (Lipinski definition) is 4. The number of rotatable bonds is 4. The number of aryl methyl sites for hydroxylation is 1. The Morgan fingerprint density at radius 3 is 2.50 bits per heavy atom. The third kappa shape index (κ3) is 2.69. The van der Waals surface area contributed by atoms with Gasteiger partial charge in [-0.1, -0.05) is 47.6 Å². The molecule has 4 heteroatoms. The molecule has 20 heavy (non-hydrogen) atoms. The fourth-order valence-corrected chi connectivity index (χ4v) is 1.91. The summed E-state index contributed by atoms with van der Waals surface area (Å²) in [5.41, 5.74) is 1.92. The first kappa shape index (κ1) is 12.4. The van der Waals surface area contributed by atoms with Gasteiger partial charge in [-0.15, -0.1) is 0 Å². The largest absolute Gasteiger partial charge is 0.488 e. The summed E-state index contributed by atoms with van der Waals surface area (Å²) >= 11 is 0. The van der Waals surface area contributed by atoms with Crippen LogP contribution >= 0.6 is 0 Å². The number of hydrogen-bond donors (Lipinski definition) is 0. The van der Waals surface area contributed by atoms with Crippen LogP contribution in [-0.2, 0) is 6.61 Å². The lowest BCUT2D eigenvalue weighted by Crippen LogP contribution is -1.96. The van der Waals surface area contributed by atoms with E-state index in [1.54, 1.807) is 6.92 Å². The third-order valence-corrected chi connectivity index (χ3v) is 2.88. The maximum absolute atomic E-state index is 5.86. The Balaban J connectivity index is 1.83. The molecule has 0 N–H and O–H groups in total. The number of aromatic nitrogens is 2. The van der Waals surface area contributed by atoms with Gasteiger partial charge in [-0.3, -0.25) is 0 Å². The third-order valence-electron chi connectivity index (χ3n) is 2.88. The molecule has 0 saturated heterocycles. The van der Waals surface area contributed by atoms with E-state index in [9.17, 15) is 0 Å². The Bertz CT molecular complexity index is 692. The second-order valence-electron chi connectivity index (χ2n) is 4.42. The Kier molecular flexibility index (Phi) is 3.46. The summed E-state index contributed by atoms with van der Waals surface area (Å²) in [6.07, 6.45) is 0. The van der Waals surface area contributed by atoms with Gasteiger partial charge < -0.3 is 9.26 Å². The first-order chi connectivity index (χ1) is 9.83.